The first-order valence-corrected chi connectivity index (χ1v) is 10.5. The number of amides is 4. The molecule has 0 bridgehead atoms. The van der Waals surface area contributed by atoms with Gasteiger partial charge in [0.05, 0.1) is 0 Å². The van der Waals surface area contributed by atoms with Gasteiger partial charge in [-0.15, -0.1) is 0 Å². The van der Waals surface area contributed by atoms with Crippen LogP contribution in [0, 0.1) is 0 Å². The van der Waals surface area contributed by atoms with E-state index < -0.39 is 11.9 Å². The van der Waals surface area contributed by atoms with E-state index in [2.05, 4.69) is 16.0 Å². The lowest BCUT2D eigenvalue weighted by Crippen LogP contribution is -2.52. The number of benzene rings is 2. The van der Waals surface area contributed by atoms with Crippen molar-refractivity contribution < 1.29 is 23.9 Å². The van der Waals surface area contributed by atoms with Crippen molar-refractivity contribution in [1.82, 2.24) is 15.5 Å². The Balaban J connectivity index is 1.25. The molecule has 0 radical (unpaired) electrons. The Morgan fingerprint density at radius 3 is 2.53 bits per heavy atom. The minimum absolute atomic E-state index is 0.170. The smallest absolute Gasteiger partial charge is 0.255 e. The fourth-order valence-electron chi connectivity index (χ4n) is 4.08. The molecule has 2 aromatic carbocycles. The molecule has 2 fully saturated rings. The number of imide groups is 1. The topological polar surface area (TPSA) is 117 Å². The van der Waals surface area contributed by atoms with Gasteiger partial charge in [-0.2, -0.15) is 0 Å². The van der Waals surface area contributed by atoms with Crippen LogP contribution in [0.15, 0.2) is 42.5 Å². The van der Waals surface area contributed by atoms with E-state index >= 15 is 0 Å². The number of hydrogen-bond acceptors (Lipinski definition) is 6. The van der Waals surface area contributed by atoms with E-state index in [0.717, 1.165) is 24.4 Å². The Bertz CT molecular complexity index is 1110. The summed E-state index contributed by atoms with van der Waals surface area (Å²) in [5, 5.41) is 8.28. The largest absolute Gasteiger partial charge is 0.488 e. The second kappa shape index (κ2) is 8.08. The standard InChI is InChI=1S/C23H22N4O5/c28-20-8-7-19(22(30)26-20)27-12-14-9-15(3-6-18(14)23(27)31)25-21(29)13-1-4-16(5-2-13)32-17-10-24-11-17/h1-6,9,17,19,24H,7-8,10-12H2,(H,25,29)(H,26,28,30). The molecule has 5 rings (SSSR count). The van der Waals surface area contributed by atoms with E-state index in [1.807, 2.05) is 0 Å². The van der Waals surface area contributed by atoms with Gasteiger partial charge in [-0.3, -0.25) is 24.5 Å². The van der Waals surface area contributed by atoms with Crippen LogP contribution >= 0.6 is 0 Å². The van der Waals surface area contributed by atoms with Crippen LogP contribution in [0.3, 0.4) is 0 Å². The van der Waals surface area contributed by atoms with Gasteiger partial charge in [-0.1, -0.05) is 0 Å². The van der Waals surface area contributed by atoms with Crippen molar-refractivity contribution in [2.75, 3.05) is 18.4 Å². The van der Waals surface area contributed by atoms with Gasteiger partial charge < -0.3 is 20.3 Å². The third kappa shape index (κ3) is 3.82. The van der Waals surface area contributed by atoms with E-state index in [9.17, 15) is 19.2 Å². The first-order valence-electron chi connectivity index (χ1n) is 10.5. The van der Waals surface area contributed by atoms with Gasteiger partial charge in [0.1, 0.15) is 17.9 Å². The molecule has 2 aromatic rings. The number of nitrogens with zero attached hydrogens (tertiary/aromatic N) is 1. The predicted molar refractivity (Wildman–Crippen MR) is 114 cm³/mol. The second-order valence-electron chi connectivity index (χ2n) is 8.15. The van der Waals surface area contributed by atoms with E-state index in [-0.39, 0.29) is 36.8 Å². The van der Waals surface area contributed by atoms with Crippen molar-refractivity contribution in [2.24, 2.45) is 0 Å². The predicted octanol–water partition coefficient (Wildman–Crippen LogP) is 1.05. The molecule has 3 heterocycles. The molecule has 2 saturated heterocycles. The molecule has 164 valence electrons. The highest BCUT2D eigenvalue weighted by molar-refractivity contribution is 6.07. The number of nitrogens with one attached hydrogen (secondary N) is 3. The third-order valence-corrected chi connectivity index (χ3v) is 5.94. The van der Waals surface area contributed by atoms with Gasteiger partial charge in [0.25, 0.3) is 11.8 Å². The number of carbonyl (C=O) groups is 4. The average molecular weight is 434 g/mol. The Morgan fingerprint density at radius 2 is 1.84 bits per heavy atom. The number of fused-ring (bicyclic) bond motifs is 1. The third-order valence-electron chi connectivity index (χ3n) is 5.94. The fraction of sp³-hybridized carbons (Fsp3) is 0.304. The minimum atomic E-state index is -0.665. The molecule has 9 nitrogen and oxygen atoms in total. The van der Waals surface area contributed by atoms with E-state index in [1.54, 1.807) is 42.5 Å². The van der Waals surface area contributed by atoms with Crippen LogP contribution in [0.4, 0.5) is 5.69 Å². The van der Waals surface area contributed by atoms with E-state index in [0.29, 0.717) is 23.2 Å². The van der Waals surface area contributed by atoms with Crippen molar-refractivity contribution in [3.05, 3.63) is 59.2 Å². The number of ether oxygens (including phenoxy) is 1. The van der Waals surface area contributed by atoms with Crippen molar-refractivity contribution >= 4 is 29.3 Å². The molecule has 32 heavy (non-hydrogen) atoms. The maximum atomic E-state index is 12.8. The molecule has 0 saturated carbocycles. The average Bonchev–Trinajstić information content (AvgIpc) is 3.07. The molecule has 3 N–H and O–H groups in total. The highest BCUT2D eigenvalue weighted by atomic mass is 16.5. The lowest BCUT2D eigenvalue weighted by Gasteiger charge is -2.29. The number of piperidine rings is 1. The van der Waals surface area contributed by atoms with Crippen molar-refractivity contribution in [1.29, 1.82) is 0 Å². The van der Waals surface area contributed by atoms with Crippen LogP contribution in [0.2, 0.25) is 0 Å². The van der Waals surface area contributed by atoms with Gasteiger partial charge >= 0.3 is 0 Å². The van der Waals surface area contributed by atoms with Crippen LogP contribution in [-0.4, -0.2) is 53.8 Å². The summed E-state index contributed by atoms with van der Waals surface area (Å²) < 4.78 is 5.76. The Kier molecular flexibility index (Phi) is 5.10. The maximum Gasteiger partial charge on any atom is 0.255 e. The summed E-state index contributed by atoms with van der Waals surface area (Å²) in [7, 11) is 0. The van der Waals surface area contributed by atoms with Crippen molar-refractivity contribution in [2.45, 2.75) is 31.5 Å². The van der Waals surface area contributed by atoms with Crippen molar-refractivity contribution in [3.63, 3.8) is 0 Å². The molecule has 9 heteroatoms. The summed E-state index contributed by atoms with van der Waals surface area (Å²) in [6.45, 7) is 1.90. The summed E-state index contributed by atoms with van der Waals surface area (Å²) in [5.74, 6) is -0.563. The SMILES string of the molecule is O=C1CCC(N2Cc3cc(NC(=O)c4ccc(OC5CNC5)cc4)ccc3C2=O)C(=O)N1. The number of carbonyl (C=O) groups excluding carboxylic acids is 4. The lowest BCUT2D eigenvalue weighted by molar-refractivity contribution is -0.136. The van der Waals surface area contributed by atoms with Gasteiger partial charge in [-0.25, -0.2) is 0 Å². The molecular formula is C23H22N4O5. The molecule has 0 spiro atoms. The second-order valence-corrected chi connectivity index (χ2v) is 8.15. The monoisotopic (exact) mass is 434 g/mol. The Labute approximate surface area is 184 Å². The summed E-state index contributed by atoms with van der Waals surface area (Å²) in [4.78, 5) is 50.5. The molecule has 1 unspecified atom stereocenters. The Hall–Kier alpha value is -3.72. The quantitative estimate of drug-likeness (QED) is 0.606. The van der Waals surface area contributed by atoms with Crippen molar-refractivity contribution in [3.8, 4) is 5.75 Å². The zero-order valence-electron chi connectivity index (χ0n) is 17.2. The summed E-state index contributed by atoms with van der Waals surface area (Å²) in [6, 6.07) is 11.4. The van der Waals surface area contributed by atoms with Crippen LogP contribution in [-0.2, 0) is 16.1 Å². The fourth-order valence-corrected chi connectivity index (χ4v) is 4.08. The first kappa shape index (κ1) is 20.2. The van der Waals surface area contributed by atoms with Crippen LogP contribution < -0.4 is 20.7 Å². The first-order chi connectivity index (χ1) is 15.5. The highest BCUT2D eigenvalue weighted by Crippen LogP contribution is 2.29. The van der Waals surface area contributed by atoms with Gasteiger partial charge in [0.15, 0.2) is 0 Å². The minimum Gasteiger partial charge on any atom is -0.488 e. The Morgan fingerprint density at radius 1 is 1.06 bits per heavy atom. The van der Waals surface area contributed by atoms with Crippen LogP contribution in [0.1, 0.15) is 39.1 Å². The molecule has 0 aromatic heterocycles. The number of rotatable bonds is 5. The normalized spacial score (nSPS) is 20.4. The molecular weight excluding hydrogens is 412 g/mol. The molecule has 3 aliphatic rings. The molecule has 1 atom stereocenters. The zero-order chi connectivity index (χ0) is 22.2. The van der Waals surface area contributed by atoms with Gasteiger partial charge in [-0.05, 0) is 54.4 Å². The van der Waals surface area contributed by atoms with E-state index in [4.69, 9.17) is 4.74 Å². The highest BCUT2D eigenvalue weighted by Gasteiger charge is 2.39. The summed E-state index contributed by atoms with van der Waals surface area (Å²) in [6.07, 6.45) is 0.688. The molecule has 4 amide bonds. The number of hydrogen-bond donors (Lipinski definition) is 3. The van der Waals surface area contributed by atoms with E-state index in [1.165, 1.54) is 4.90 Å². The molecule has 0 aliphatic carbocycles. The maximum absolute atomic E-state index is 12.8. The summed E-state index contributed by atoms with van der Waals surface area (Å²) in [5.41, 5.74) is 2.29. The van der Waals surface area contributed by atoms with Crippen LogP contribution in [0.5, 0.6) is 5.75 Å². The van der Waals surface area contributed by atoms with Crippen LogP contribution in [0.25, 0.3) is 0 Å². The zero-order valence-corrected chi connectivity index (χ0v) is 17.2. The van der Waals surface area contributed by atoms with Gasteiger partial charge in [0.2, 0.25) is 11.8 Å². The number of anilines is 1. The molecule has 3 aliphatic heterocycles. The van der Waals surface area contributed by atoms with Gasteiger partial charge in [0, 0.05) is 42.9 Å². The summed E-state index contributed by atoms with van der Waals surface area (Å²) >= 11 is 0. The lowest BCUT2D eigenvalue weighted by atomic mass is 10.0.